The molecule has 4 fully saturated rings. The molecule has 2 aliphatic carbocycles. The van der Waals surface area contributed by atoms with Gasteiger partial charge < -0.3 is 20.3 Å². The second-order valence-corrected chi connectivity index (χ2v) is 9.29. The second-order valence-electron chi connectivity index (χ2n) is 9.29. The summed E-state index contributed by atoms with van der Waals surface area (Å²) >= 11 is 0. The highest BCUT2D eigenvalue weighted by Gasteiger charge is 2.66. The minimum atomic E-state index is 0. The largest absolute Gasteiger partial charge is 0.377 e. The summed E-state index contributed by atoms with van der Waals surface area (Å²) in [5.74, 6) is 1.66. The van der Waals surface area contributed by atoms with Gasteiger partial charge in [-0.3, -0.25) is 4.99 Å². The first kappa shape index (κ1) is 21.2. The lowest BCUT2D eigenvalue weighted by Crippen LogP contribution is -2.73. The summed E-state index contributed by atoms with van der Waals surface area (Å²) in [6.07, 6.45) is 8.10. The number of ether oxygens (including phenoxy) is 1. The first-order chi connectivity index (χ1) is 13.7. The zero-order chi connectivity index (χ0) is 19.1. The fourth-order valence-electron chi connectivity index (χ4n) is 6.05. The molecule has 1 spiro atoms. The standard InChI is InChI=1S/C23H34N4O.HI/c1-16-6-8-18(9-7-16)27-13-3-5-17(15-27)25-22(24-2)26-20-19-10-14-28-21(19)23(20)11-4-12-23;/h6-9,17,19-21H,3-5,10-15H2,1-2H3,(H2,24,25,26);1H. The molecule has 2 saturated heterocycles. The van der Waals surface area contributed by atoms with Crippen LogP contribution in [0, 0.1) is 18.3 Å². The van der Waals surface area contributed by atoms with Crippen LogP contribution in [0.25, 0.3) is 0 Å². The molecule has 4 aliphatic rings. The van der Waals surface area contributed by atoms with Crippen molar-refractivity contribution in [1.29, 1.82) is 0 Å². The molecule has 6 heteroatoms. The van der Waals surface area contributed by atoms with Gasteiger partial charge in [0.05, 0.1) is 6.10 Å². The SMILES string of the molecule is CN=C(NC1CCCN(c2ccc(C)cc2)C1)NC1C2CCOC2C12CCC2.I. The average Bonchev–Trinajstić information content (AvgIpc) is 3.09. The summed E-state index contributed by atoms with van der Waals surface area (Å²) in [5.41, 5.74) is 3.04. The van der Waals surface area contributed by atoms with Crippen LogP contribution in [0.5, 0.6) is 0 Å². The molecule has 2 aliphatic heterocycles. The number of guanidine groups is 1. The molecule has 2 heterocycles. The Bertz CT molecular complexity index is 733. The lowest BCUT2D eigenvalue weighted by molar-refractivity contribution is -0.171. The Morgan fingerprint density at radius 3 is 2.62 bits per heavy atom. The zero-order valence-electron chi connectivity index (χ0n) is 17.7. The number of hydrogen-bond acceptors (Lipinski definition) is 3. The van der Waals surface area contributed by atoms with Gasteiger partial charge in [-0.25, -0.2) is 0 Å². The van der Waals surface area contributed by atoms with Crippen molar-refractivity contribution in [1.82, 2.24) is 10.6 Å². The van der Waals surface area contributed by atoms with Crippen molar-refractivity contribution in [2.24, 2.45) is 16.3 Å². The quantitative estimate of drug-likeness (QED) is 0.370. The number of fused-ring (bicyclic) bond motifs is 2. The molecule has 4 unspecified atom stereocenters. The van der Waals surface area contributed by atoms with E-state index in [4.69, 9.17) is 4.74 Å². The van der Waals surface area contributed by atoms with Crippen LogP contribution in [0.15, 0.2) is 29.3 Å². The molecule has 2 N–H and O–H groups in total. The highest BCUT2D eigenvalue weighted by atomic mass is 127. The van der Waals surface area contributed by atoms with Gasteiger partial charge in [-0.05, 0) is 51.2 Å². The third-order valence-electron chi connectivity index (χ3n) is 7.71. The Balaban J connectivity index is 0.00000205. The summed E-state index contributed by atoms with van der Waals surface area (Å²) in [7, 11) is 1.91. The van der Waals surface area contributed by atoms with Gasteiger partial charge in [0.1, 0.15) is 0 Å². The minimum absolute atomic E-state index is 0. The molecule has 5 rings (SSSR count). The molecule has 0 radical (unpaired) electrons. The molecule has 4 atom stereocenters. The predicted molar refractivity (Wildman–Crippen MR) is 129 cm³/mol. The van der Waals surface area contributed by atoms with Gasteiger partial charge >= 0.3 is 0 Å². The van der Waals surface area contributed by atoms with Crippen molar-refractivity contribution in [3.05, 3.63) is 29.8 Å². The van der Waals surface area contributed by atoms with Gasteiger partial charge in [0.2, 0.25) is 0 Å². The third kappa shape index (κ3) is 3.75. The number of piperidine rings is 1. The predicted octanol–water partition coefficient (Wildman–Crippen LogP) is 3.70. The maximum Gasteiger partial charge on any atom is 0.191 e. The fraction of sp³-hybridized carbons (Fsp3) is 0.696. The lowest BCUT2D eigenvalue weighted by atomic mass is 9.46. The van der Waals surface area contributed by atoms with E-state index in [1.807, 2.05) is 7.05 Å². The van der Waals surface area contributed by atoms with Crippen LogP contribution in [0.2, 0.25) is 0 Å². The van der Waals surface area contributed by atoms with E-state index in [0.717, 1.165) is 25.7 Å². The van der Waals surface area contributed by atoms with E-state index in [1.54, 1.807) is 0 Å². The van der Waals surface area contributed by atoms with E-state index in [0.29, 0.717) is 29.5 Å². The zero-order valence-corrected chi connectivity index (χ0v) is 20.0. The van der Waals surface area contributed by atoms with Crippen molar-refractivity contribution >= 4 is 35.6 Å². The number of halogens is 1. The van der Waals surface area contributed by atoms with Crippen LogP contribution >= 0.6 is 24.0 Å². The van der Waals surface area contributed by atoms with E-state index >= 15 is 0 Å². The van der Waals surface area contributed by atoms with Gasteiger partial charge in [-0.15, -0.1) is 24.0 Å². The monoisotopic (exact) mass is 510 g/mol. The van der Waals surface area contributed by atoms with Crippen molar-refractivity contribution < 1.29 is 4.74 Å². The highest BCUT2D eigenvalue weighted by Crippen LogP contribution is 2.62. The van der Waals surface area contributed by atoms with Crippen LogP contribution in [-0.2, 0) is 4.74 Å². The molecule has 5 nitrogen and oxygen atoms in total. The Morgan fingerprint density at radius 1 is 1.14 bits per heavy atom. The Kier molecular flexibility index (Phi) is 6.30. The lowest BCUT2D eigenvalue weighted by Gasteiger charge is -2.63. The Morgan fingerprint density at radius 2 is 1.93 bits per heavy atom. The number of anilines is 1. The maximum atomic E-state index is 6.07. The van der Waals surface area contributed by atoms with Crippen LogP contribution in [0.3, 0.4) is 0 Å². The average molecular weight is 510 g/mol. The molecule has 29 heavy (non-hydrogen) atoms. The first-order valence-electron chi connectivity index (χ1n) is 11.1. The first-order valence-corrected chi connectivity index (χ1v) is 11.1. The summed E-state index contributed by atoms with van der Waals surface area (Å²) in [6.45, 7) is 5.26. The van der Waals surface area contributed by atoms with Crippen LogP contribution in [0.1, 0.15) is 44.1 Å². The smallest absolute Gasteiger partial charge is 0.191 e. The van der Waals surface area contributed by atoms with Crippen molar-refractivity contribution in [2.75, 3.05) is 31.6 Å². The van der Waals surface area contributed by atoms with E-state index in [9.17, 15) is 0 Å². The molecule has 160 valence electrons. The van der Waals surface area contributed by atoms with Crippen LogP contribution in [-0.4, -0.2) is 50.9 Å². The van der Waals surface area contributed by atoms with Gasteiger partial charge in [0.25, 0.3) is 0 Å². The highest BCUT2D eigenvalue weighted by molar-refractivity contribution is 14.0. The normalized spacial score (nSPS) is 32.6. The summed E-state index contributed by atoms with van der Waals surface area (Å²) in [6, 6.07) is 9.90. The van der Waals surface area contributed by atoms with Gasteiger partial charge in [0.15, 0.2) is 5.96 Å². The van der Waals surface area contributed by atoms with Crippen molar-refractivity contribution in [3.8, 4) is 0 Å². The van der Waals surface area contributed by atoms with Crippen LogP contribution in [0.4, 0.5) is 5.69 Å². The molecule has 2 saturated carbocycles. The number of nitrogens with one attached hydrogen (secondary N) is 2. The fourth-order valence-corrected chi connectivity index (χ4v) is 6.05. The molecule has 1 aromatic rings. The summed E-state index contributed by atoms with van der Waals surface area (Å²) in [4.78, 5) is 7.09. The van der Waals surface area contributed by atoms with Gasteiger partial charge in [0, 0.05) is 55.8 Å². The van der Waals surface area contributed by atoms with Gasteiger partial charge in [-0.2, -0.15) is 0 Å². The van der Waals surface area contributed by atoms with Crippen molar-refractivity contribution in [3.63, 3.8) is 0 Å². The number of benzene rings is 1. The van der Waals surface area contributed by atoms with E-state index < -0.39 is 0 Å². The van der Waals surface area contributed by atoms with Crippen LogP contribution < -0.4 is 15.5 Å². The maximum absolute atomic E-state index is 6.07. The minimum Gasteiger partial charge on any atom is -0.377 e. The van der Waals surface area contributed by atoms with E-state index in [1.165, 1.54) is 49.8 Å². The third-order valence-corrected chi connectivity index (χ3v) is 7.71. The van der Waals surface area contributed by atoms with E-state index in [2.05, 4.69) is 51.7 Å². The summed E-state index contributed by atoms with van der Waals surface area (Å²) < 4.78 is 6.07. The second kappa shape index (κ2) is 8.61. The molecular weight excluding hydrogens is 475 g/mol. The van der Waals surface area contributed by atoms with Crippen molar-refractivity contribution in [2.45, 2.75) is 63.6 Å². The molecule has 0 bridgehead atoms. The Hall–Kier alpha value is -1.02. The molecular formula is C23H35IN4O. The Labute approximate surface area is 192 Å². The molecule has 0 amide bonds. The molecule has 0 aromatic heterocycles. The number of aliphatic imine (C=N–C) groups is 1. The van der Waals surface area contributed by atoms with E-state index in [-0.39, 0.29) is 24.0 Å². The number of rotatable bonds is 3. The number of nitrogens with zero attached hydrogens (tertiary/aromatic N) is 2. The van der Waals surface area contributed by atoms with Gasteiger partial charge in [-0.1, -0.05) is 24.1 Å². The molecule has 1 aromatic carbocycles. The number of aryl methyl sites for hydroxylation is 1. The number of hydrogen-bond donors (Lipinski definition) is 2. The topological polar surface area (TPSA) is 48.9 Å². The summed E-state index contributed by atoms with van der Waals surface area (Å²) in [5, 5.41) is 7.56.